The SMILES string of the molecule is COc1ccccc1N1CC(C(=O)Nc2ccc(N3CCN(C)CC3)cc2)CC1=O. The lowest BCUT2D eigenvalue weighted by molar-refractivity contribution is -0.122. The fourth-order valence-electron chi connectivity index (χ4n) is 4.03. The molecule has 2 amide bonds. The third kappa shape index (κ3) is 4.26. The molecule has 1 N–H and O–H groups in total. The fourth-order valence-corrected chi connectivity index (χ4v) is 4.03. The monoisotopic (exact) mass is 408 g/mol. The lowest BCUT2D eigenvalue weighted by Crippen LogP contribution is -2.44. The molecule has 1 unspecified atom stereocenters. The molecule has 0 aromatic heterocycles. The molecule has 7 heteroatoms. The molecule has 0 bridgehead atoms. The molecule has 0 spiro atoms. The number of nitrogens with zero attached hydrogens (tertiary/aromatic N) is 3. The standard InChI is InChI=1S/C23H28N4O3/c1-25-11-13-26(14-12-25)19-9-7-18(8-10-19)24-23(29)17-15-22(28)27(16-17)20-5-3-4-6-21(20)30-2/h3-10,17H,11-16H2,1-2H3,(H,24,29). The smallest absolute Gasteiger partial charge is 0.229 e. The van der Waals surface area contributed by atoms with Crippen LogP contribution >= 0.6 is 0 Å². The van der Waals surface area contributed by atoms with Crippen molar-refractivity contribution in [2.45, 2.75) is 6.42 Å². The second kappa shape index (κ2) is 8.75. The third-order valence-corrected chi connectivity index (χ3v) is 5.88. The summed E-state index contributed by atoms with van der Waals surface area (Å²) in [7, 11) is 3.72. The van der Waals surface area contributed by atoms with Gasteiger partial charge in [0.15, 0.2) is 0 Å². The summed E-state index contributed by atoms with van der Waals surface area (Å²) in [5, 5.41) is 2.97. The predicted molar refractivity (Wildman–Crippen MR) is 118 cm³/mol. The first-order valence-corrected chi connectivity index (χ1v) is 10.3. The molecular weight excluding hydrogens is 380 g/mol. The first kappa shape index (κ1) is 20.2. The molecule has 7 nitrogen and oxygen atoms in total. The van der Waals surface area contributed by atoms with Crippen LogP contribution in [-0.4, -0.2) is 63.6 Å². The van der Waals surface area contributed by atoms with Crippen LogP contribution in [0.3, 0.4) is 0 Å². The van der Waals surface area contributed by atoms with Crippen molar-refractivity contribution in [3.63, 3.8) is 0 Å². The van der Waals surface area contributed by atoms with E-state index in [4.69, 9.17) is 4.74 Å². The van der Waals surface area contributed by atoms with Crippen LogP contribution in [0, 0.1) is 5.92 Å². The number of benzene rings is 2. The van der Waals surface area contributed by atoms with E-state index in [0.29, 0.717) is 18.0 Å². The molecule has 2 aromatic rings. The first-order valence-electron chi connectivity index (χ1n) is 10.3. The van der Waals surface area contributed by atoms with Gasteiger partial charge in [-0.25, -0.2) is 0 Å². The van der Waals surface area contributed by atoms with Gasteiger partial charge in [0.1, 0.15) is 5.75 Å². The Morgan fingerprint density at radius 2 is 1.73 bits per heavy atom. The van der Waals surface area contributed by atoms with Gasteiger partial charge in [0.25, 0.3) is 0 Å². The van der Waals surface area contributed by atoms with Gasteiger partial charge in [-0.1, -0.05) is 12.1 Å². The Kier molecular flexibility index (Phi) is 5.90. The zero-order chi connectivity index (χ0) is 21.1. The van der Waals surface area contributed by atoms with Crippen molar-refractivity contribution in [1.82, 2.24) is 4.90 Å². The summed E-state index contributed by atoms with van der Waals surface area (Å²) in [6, 6.07) is 15.3. The Morgan fingerprint density at radius 3 is 2.43 bits per heavy atom. The molecule has 4 rings (SSSR count). The summed E-state index contributed by atoms with van der Waals surface area (Å²) in [5.74, 6) is 0.0456. The zero-order valence-corrected chi connectivity index (χ0v) is 17.5. The minimum absolute atomic E-state index is 0.0648. The van der Waals surface area contributed by atoms with E-state index in [9.17, 15) is 9.59 Å². The maximum Gasteiger partial charge on any atom is 0.229 e. The number of hydrogen-bond acceptors (Lipinski definition) is 5. The number of carbonyl (C=O) groups is 2. The lowest BCUT2D eigenvalue weighted by atomic mass is 10.1. The van der Waals surface area contributed by atoms with Crippen molar-refractivity contribution >= 4 is 28.9 Å². The van der Waals surface area contributed by atoms with E-state index >= 15 is 0 Å². The Bertz CT molecular complexity index is 907. The molecule has 2 saturated heterocycles. The van der Waals surface area contributed by atoms with Gasteiger partial charge in [-0.15, -0.1) is 0 Å². The summed E-state index contributed by atoms with van der Waals surface area (Å²) in [6.45, 7) is 4.47. The number of ether oxygens (including phenoxy) is 1. The number of piperazine rings is 1. The van der Waals surface area contributed by atoms with Crippen LogP contribution in [0.4, 0.5) is 17.1 Å². The molecule has 2 heterocycles. The second-order valence-corrected chi connectivity index (χ2v) is 7.90. The number of para-hydroxylation sites is 2. The van der Waals surface area contributed by atoms with E-state index in [-0.39, 0.29) is 24.2 Å². The van der Waals surface area contributed by atoms with E-state index < -0.39 is 0 Å². The lowest BCUT2D eigenvalue weighted by Gasteiger charge is -2.34. The van der Waals surface area contributed by atoms with Gasteiger partial charge in [-0.2, -0.15) is 0 Å². The van der Waals surface area contributed by atoms with Crippen molar-refractivity contribution in [1.29, 1.82) is 0 Å². The Morgan fingerprint density at radius 1 is 1.03 bits per heavy atom. The molecule has 2 aliphatic rings. The van der Waals surface area contributed by atoms with Crippen LogP contribution in [0.2, 0.25) is 0 Å². The molecule has 1 atom stereocenters. The van der Waals surface area contributed by atoms with Gasteiger partial charge < -0.3 is 24.8 Å². The minimum Gasteiger partial charge on any atom is -0.495 e. The summed E-state index contributed by atoms with van der Waals surface area (Å²) < 4.78 is 5.36. The third-order valence-electron chi connectivity index (χ3n) is 5.88. The summed E-state index contributed by atoms with van der Waals surface area (Å²) in [6.07, 6.45) is 0.198. The van der Waals surface area contributed by atoms with Gasteiger partial charge in [0.05, 0.1) is 18.7 Å². The van der Waals surface area contributed by atoms with E-state index in [0.717, 1.165) is 31.9 Å². The Hall–Kier alpha value is -3.06. The van der Waals surface area contributed by atoms with Crippen molar-refractivity contribution in [3.8, 4) is 5.75 Å². The maximum atomic E-state index is 12.8. The largest absolute Gasteiger partial charge is 0.495 e. The average molecular weight is 409 g/mol. The Balaban J connectivity index is 1.38. The van der Waals surface area contributed by atoms with Crippen molar-refractivity contribution in [2.75, 3.05) is 62.0 Å². The van der Waals surface area contributed by atoms with E-state index in [2.05, 4.69) is 22.2 Å². The highest BCUT2D eigenvalue weighted by Gasteiger charge is 2.36. The minimum atomic E-state index is -0.389. The van der Waals surface area contributed by atoms with Gasteiger partial charge in [0, 0.05) is 50.5 Å². The molecule has 2 aliphatic heterocycles. The normalized spacial score (nSPS) is 19.8. The van der Waals surface area contributed by atoms with E-state index in [1.165, 1.54) is 5.69 Å². The number of carbonyl (C=O) groups excluding carboxylic acids is 2. The summed E-state index contributed by atoms with van der Waals surface area (Å²) in [4.78, 5) is 31.6. The number of hydrogen-bond donors (Lipinski definition) is 1. The topological polar surface area (TPSA) is 65.1 Å². The van der Waals surface area contributed by atoms with Gasteiger partial charge in [0.2, 0.25) is 11.8 Å². The molecule has 0 radical (unpaired) electrons. The van der Waals surface area contributed by atoms with E-state index in [1.54, 1.807) is 12.0 Å². The Labute approximate surface area is 177 Å². The zero-order valence-electron chi connectivity index (χ0n) is 17.5. The molecule has 158 valence electrons. The molecule has 2 aromatic carbocycles. The predicted octanol–water partition coefficient (Wildman–Crippen LogP) is 2.44. The van der Waals surface area contributed by atoms with Crippen LogP contribution in [0.25, 0.3) is 0 Å². The van der Waals surface area contributed by atoms with Crippen molar-refractivity contribution in [3.05, 3.63) is 48.5 Å². The van der Waals surface area contributed by atoms with E-state index in [1.807, 2.05) is 48.5 Å². The van der Waals surface area contributed by atoms with Crippen LogP contribution < -0.4 is 19.9 Å². The number of likely N-dealkylation sites (N-methyl/N-ethyl adjacent to an activating group) is 1. The molecule has 30 heavy (non-hydrogen) atoms. The highest BCUT2D eigenvalue weighted by Crippen LogP contribution is 2.33. The number of nitrogens with one attached hydrogen (secondary N) is 1. The fraction of sp³-hybridized carbons (Fsp3) is 0.391. The van der Waals surface area contributed by atoms with Crippen LogP contribution in [0.15, 0.2) is 48.5 Å². The van der Waals surface area contributed by atoms with Gasteiger partial charge in [-0.3, -0.25) is 9.59 Å². The highest BCUT2D eigenvalue weighted by atomic mass is 16.5. The molecule has 0 saturated carbocycles. The summed E-state index contributed by atoms with van der Waals surface area (Å²) >= 11 is 0. The van der Waals surface area contributed by atoms with Crippen molar-refractivity contribution in [2.24, 2.45) is 5.92 Å². The molecule has 2 fully saturated rings. The van der Waals surface area contributed by atoms with Crippen LogP contribution in [0.1, 0.15) is 6.42 Å². The van der Waals surface area contributed by atoms with Crippen LogP contribution in [-0.2, 0) is 9.59 Å². The maximum absolute atomic E-state index is 12.8. The molecule has 0 aliphatic carbocycles. The van der Waals surface area contributed by atoms with Gasteiger partial charge >= 0.3 is 0 Å². The first-order chi connectivity index (χ1) is 14.5. The van der Waals surface area contributed by atoms with Crippen molar-refractivity contribution < 1.29 is 14.3 Å². The molecular formula is C23H28N4O3. The van der Waals surface area contributed by atoms with Crippen LogP contribution in [0.5, 0.6) is 5.75 Å². The second-order valence-electron chi connectivity index (χ2n) is 7.90. The number of amides is 2. The summed E-state index contributed by atoms with van der Waals surface area (Å²) in [5.41, 5.74) is 2.62. The number of methoxy groups -OCH3 is 1. The quantitative estimate of drug-likeness (QED) is 0.823. The number of anilines is 3. The average Bonchev–Trinajstić information content (AvgIpc) is 3.16. The number of rotatable bonds is 5. The van der Waals surface area contributed by atoms with Gasteiger partial charge in [-0.05, 0) is 43.4 Å². The highest BCUT2D eigenvalue weighted by molar-refractivity contribution is 6.04.